The molecule has 0 spiro atoms. The van der Waals surface area contributed by atoms with Crippen molar-refractivity contribution in [3.05, 3.63) is 83.9 Å². The number of nitrogens with one attached hydrogen (secondary N) is 1. The maximum Gasteiger partial charge on any atom is 0.243 e. The van der Waals surface area contributed by atoms with Crippen LogP contribution in [0.5, 0.6) is 0 Å². The molecule has 3 nitrogen and oxygen atoms in total. The minimum absolute atomic E-state index is 0.00165. The van der Waals surface area contributed by atoms with E-state index in [1.165, 1.54) is 6.08 Å². The van der Waals surface area contributed by atoms with Crippen LogP contribution in [0.4, 0.5) is 0 Å². The fourth-order valence-corrected chi connectivity index (χ4v) is 2.21. The SMILES string of the molecule is C=CC(=O)NC(CC(=O)c1ccc(C)cc1)c1ccccc1. The molecule has 112 valence electrons. The molecule has 1 amide bonds. The number of carbonyl (C=O) groups excluding carboxylic acids is 2. The number of hydrogen-bond donors (Lipinski definition) is 1. The molecule has 0 aliphatic carbocycles. The maximum absolute atomic E-state index is 12.4. The Hall–Kier alpha value is -2.68. The topological polar surface area (TPSA) is 46.2 Å². The van der Waals surface area contributed by atoms with E-state index in [4.69, 9.17) is 0 Å². The molecule has 2 aromatic carbocycles. The lowest BCUT2D eigenvalue weighted by Gasteiger charge is -2.18. The quantitative estimate of drug-likeness (QED) is 0.653. The van der Waals surface area contributed by atoms with Crippen molar-refractivity contribution in [2.45, 2.75) is 19.4 Å². The zero-order valence-corrected chi connectivity index (χ0v) is 12.6. The molecular weight excluding hydrogens is 274 g/mol. The van der Waals surface area contributed by atoms with Crippen LogP contribution in [0.3, 0.4) is 0 Å². The van der Waals surface area contributed by atoms with E-state index in [0.29, 0.717) is 5.56 Å². The Morgan fingerprint density at radius 1 is 1.09 bits per heavy atom. The van der Waals surface area contributed by atoms with Crippen LogP contribution < -0.4 is 5.32 Å². The summed E-state index contributed by atoms with van der Waals surface area (Å²) in [5.41, 5.74) is 2.66. The summed E-state index contributed by atoms with van der Waals surface area (Å²) in [6, 6.07) is 16.6. The number of carbonyl (C=O) groups is 2. The molecule has 0 saturated carbocycles. The van der Waals surface area contributed by atoms with E-state index >= 15 is 0 Å². The summed E-state index contributed by atoms with van der Waals surface area (Å²) in [5, 5.41) is 2.82. The van der Waals surface area contributed by atoms with Gasteiger partial charge >= 0.3 is 0 Å². The Balaban J connectivity index is 2.18. The number of Topliss-reactive ketones (excluding diaryl/α,β-unsaturated/α-hetero) is 1. The van der Waals surface area contributed by atoms with Gasteiger partial charge in [-0.25, -0.2) is 0 Å². The molecule has 0 saturated heterocycles. The van der Waals surface area contributed by atoms with E-state index in [0.717, 1.165) is 11.1 Å². The molecule has 3 heteroatoms. The van der Waals surface area contributed by atoms with Crippen molar-refractivity contribution in [1.29, 1.82) is 0 Å². The van der Waals surface area contributed by atoms with Crippen molar-refractivity contribution in [3.8, 4) is 0 Å². The highest BCUT2D eigenvalue weighted by Crippen LogP contribution is 2.19. The third-order valence-electron chi connectivity index (χ3n) is 3.47. The van der Waals surface area contributed by atoms with Gasteiger partial charge in [0.2, 0.25) is 5.91 Å². The van der Waals surface area contributed by atoms with E-state index in [2.05, 4.69) is 11.9 Å². The van der Waals surface area contributed by atoms with Gasteiger partial charge in [0.05, 0.1) is 6.04 Å². The van der Waals surface area contributed by atoms with E-state index in [1.807, 2.05) is 61.5 Å². The van der Waals surface area contributed by atoms with Crippen LogP contribution in [0.15, 0.2) is 67.3 Å². The fraction of sp³-hybridized carbons (Fsp3) is 0.158. The molecule has 0 heterocycles. The summed E-state index contributed by atoms with van der Waals surface area (Å²) < 4.78 is 0. The molecule has 0 aromatic heterocycles. The highest BCUT2D eigenvalue weighted by molar-refractivity contribution is 5.97. The van der Waals surface area contributed by atoms with Gasteiger partial charge in [-0.2, -0.15) is 0 Å². The van der Waals surface area contributed by atoms with Crippen molar-refractivity contribution in [1.82, 2.24) is 5.32 Å². The molecule has 0 aliphatic heterocycles. The van der Waals surface area contributed by atoms with E-state index < -0.39 is 0 Å². The molecule has 1 unspecified atom stereocenters. The molecule has 2 rings (SSSR count). The van der Waals surface area contributed by atoms with Crippen LogP contribution in [0.25, 0.3) is 0 Å². The fourth-order valence-electron chi connectivity index (χ4n) is 2.21. The molecule has 0 radical (unpaired) electrons. The Labute approximate surface area is 130 Å². The van der Waals surface area contributed by atoms with Gasteiger partial charge in [0.1, 0.15) is 0 Å². The Kier molecular flexibility index (Phi) is 5.26. The number of hydrogen-bond acceptors (Lipinski definition) is 2. The van der Waals surface area contributed by atoms with Gasteiger partial charge in [0.15, 0.2) is 5.78 Å². The molecule has 0 aliphatic rings. The van der Waals surface area contributed by atoms with Crippen molar-refractivity contribution < 1.29 is 9.59 Å². The van der Waals surface area contributed by atoms with E-state index in [-0.39, 0.29) is 24.2 Å². The third-order valence-corrected chi connectivity index (χ3v) is 3.47. The first-order valence-electron chi connectivity index (χ1n) is 7.18. The monoisotopic (exact) mass is 293 g/mol. The number of aryl methyl sites for hydroxylation is 1. The average molecular weight is 293 g/mol. The molecular formula is C19H19NO2. The van der Waals surface area contributed by atoms with Gasteiger partial charge in [0.25, 0.3) is 0 Å². The first kappa shape index (κ1) is 15.7. The van der Waals surface area contributed by atoms with Gasteiger partial charge in [-0.1, -0.05) is 66.7 Å². The number of amides is 1. The molecule has 2 aromatic rings. The minimum atomic E-state index is -0.361. The summed E-state index contributed by atoms with van der Waals surface area (Å²) in [5.74, 6) is -0.288. The second-order valence-corrected chi connectivity index (χ2v) is 5.17. The normalized spacial score (nSPS) is 11.5. The summed E-state index contributed by atoms with van der Waals surface area (Å²) in [4.78, 5) is 24.1. The van der Waals surface area contributed by atoms with Gasteiger partial charge in [-0.3, -0.25) is 9.59 Å². The van der Waals surface area contributed by atoms with Crippen molar-refractivity contribution in [2.75, 3.05) is 0 Å². The summed E-state index contributed by atoms with van der Waals surface area (Å²) >= 11 is 0. The lowest BCUT2D eigenvalue weighted by Crippen LogP contribution is -2.28. The molecule has 0 fully saturated rings. The molecule has 1 N–H and O–H groups in total. The van der Waals surface area contributed by atoms with Gasteiger partial charge in [-0.05, 0) is 18.6 Å². The molecule has 1 atom stereocenters. The predicted molar refractivity (Wildman–Crippen MR) is 87.6 cm³/mol. The molecule has 0 bridgehead atoms. The predicted octanol–water partition coefficient (Wildman–Crippen LogP) is 3.61. The second-order valence-electron chi connectivity index (χ2n) is 5.17. The summed E-state index contributed by atoms with van der Waals surface area (Å²) in [6.45, 7) is 5.43. The number of benzene rings is 2. The van der Waals surface area contributed by atoms with Gasteiger partial charge in [-0.15, -0.1) is 0 Å². The highest BCUT2D eigenvalue weighted by Gasteiger charge is 2.18. The average Bonchev–Trinajstić information content (AvgIpc) is 2.55. The van der Waals surface area contributed by atoms with E-state index in [1.54, 1.807) is 0 Å². The highest BCUT2D eigenvalue weighted by atomic mass is 16.1. The summed E-state index contributed by atoms with van der Waals surface area (Å²) in [6.07, 6.45) is 1.43. The van der Waals surface area contributed by atoms with Crippen LogP contribution in [-0.2, 0) is 4.79 Å². The summed E-state index contributed by atoms with van der Waals surface area (Å²) in [7, 11) is 0. The van der Waals surface area contributed by atoms with Crippen molar-refractivity contribution in [3.63, 3.8) is 0 Å². The van der Waals surface area contributed by atoms with Crippen LogP contribution in [-0.4, -0.2) is 11.7 Å². The second kappa shape index (κ2) is 7.36. The van der Waals surface area contributed by atoms with Crippen LogP contribution in [0.1, 0.15) is 33.9 Å². The number of ketones is 1. The smallest absolute Gasteiger partial charge is 0.243 e. The van der Waals surface area contributed by atoms with E-state index in [9.17, 15) is 9.59 Å². The Morgan fingerprint density at radius 2 is 1.73 bits per heavy atom. The zero-order valence-electron chi connectivity index (χ0n) is 12.6. The first-order valence-corrected chi connectivity index (χ1v) is 7.18. The van der Waals surface area contributed by atoms with Crippen LogP contribution in [0.2, 0.25) is 0 Å². The largest absolute Gasteiger partial charge is 0.345 e. The van der Waals surface area contributed by atoms with Gasteiger partial charge < -0.3 is 5.32 Å². The Morgan fingerprint density at radius 3 is 2.32 bits per heavy atom. The lowest BCUT2D eigenvalue weighted by atomic mass is 9.97. The van der Waals surface area contributed by atoms with Gasteiger partial charge in [0, 0.05) is 12.0 Å². The van der Waals surface area contributed by atoms with Crippen molar-refractivity contribution >= 4 is 11.7 Å². The standard InChI is InChI=1S/C19H19NO2/c1-3-19(22)20-17(15-7-5-4-6-8-15)13-18(21)16-11-9-14(2)10-12-16/h3-12,17H,1,13H2,2H3,(H,20,22). The Bertz CT molecular complexity index is 660. The zero-order chi connectivity index (χ0) is 15.9. The van der Waals surface area contributed by atoms with Crippen LogP contribution >= 0.6 is 0 Å². The minimum Gasteiger partial charge on any atom is -0.345 e. The third kappa shape index (κ3) is 4.16. The van der Waals surface area contributed by atoms with Crippen molar-refractivity contribution in [2.24, 2.45) is 0 Å². The maximum atomic E-state index is 12.4. The lowest BCUT2D eigenvalue weighted by molar-refractivity contribution is -0.117. The van der Waals surface area contributed by atoms with Crippen LogP contribution in [0, 0.1) is 6.92 Å². The molecule has 22 heavy (non-hydrogen) atoms. The first-order chi connectivity index (χ1) is 10.6. The number of rotatable bonds is 6.